The van der Waals surface area contributed by atoms with Crippen molar-refractivity contribution < 1.29 is 8.78 Å². The van der Waals surface area contributed by atoms with Crippen molar-refractivity contribution in [3.63, 3.8) is 0 Å². The third-order valence-corrected chi connectivity index (χ3v) is 5.97. The minimum absolute atomic E-state index is 0.291. The van der Waals surface area contributed by atoms with E-state index < -0.39 is 0 Å². The van der Waals surface area contributed by atoms with Gasteiger partial charge in [-0.3, -0.25) is 9.88 Å². The standard InChI is InChI=1S/C25H24F2N6/c1-31-12-14-32(15-13-31)17-24-25(21-4-2-3-5-22(21)27)33(30-29-24)20-10-11-23(28-16-20)18-6-8-19(26)9-7-18/h2-11,16H,12-15,17H2,1H3. The van der Waals surface area contributed by atoms with E-state index in [0.717, 1.165) is 37.4 Å². The van der Waals surface area contributed by atoms with Gasteiger partial charge in [0.25, 0.3) is 0 Å². The Labute approximate surface area is 191 Å². The maximum atomic E-state index is 14.8. The smallest absolute Gasteiger partial charge is 0.132 e. The Balaban J connectivity index is 1.51. The summed E-state index contributed by atoms with van der Waals surface area (Å²) in [6.07, 6.45) is 1.68. The highest BCUT2D eigenvalue weighted by molar-refractivity contribution is 5.66. The van der Waals surface area contributed by atoms with Crippen molar-refractivity contribution in [2.45, 2.75) is 6.54 Å². The van der Waals surface area contributed by atoms with E-state index in [1.807, 2.05) is 18.2 Å². The largest absolute Gasteiger partial charge is 0.304 e. The zero-order valence-electron chi connectivity index (χ0n) is 18.3. The summed E-state index contributed by atoms with van der Waals surface area (Å²) < 4.78 is 29.7. The van der Waals surface area contributed by atoms with Gasteiger partial charge in [-0.25, -0.2) is 13.5 Å². The lowest BCUT2D eigenvalue weighted by Crippen LogP contribution is -2.44. The van der Waals surface area contributed by atoms with Gasteiger partial charge in [-0.05, 0) is 55.6 Å². The molecule has 1 aliphatic rings. The van der Waals surface area contributed by atoms with E-state index in [2.05, 4.69) is 32.1 Å². The van der Waals surface area contributed by atoms with E-state index in [0.29, 0.717) is 29.2 Å². The molecular weight excluding hydrogens is 422 g/mol. The number of aromatic nitrogens is 4. The monoisotopic (exact) mass is 446 g/mol. The van der Waals surface area contributed by atoms with Gasteiger partial charge in [0.1, 0.15) is 23.0 Å². The van der Waals surface area contributed by atoms with Gasteiger partial charge in [-0.2, -0.15) is 0 Å². The first-order valence-corrected chi connectivity index (χ1v) is 10.9. The molecule has 0 amide bonds. The minimum Gasteiger partial charge on any atom is -0.304 e. The molecule has 0 saturated carbocycles. The molecule has 6 nitrogen and oxygen atoms in total. The number of pyridine rings is 1. The zero-order chi connectivity index (χ0) is 22.8. The van der Waals surface area contributed by atoms with Gasteiger partial charge in [0, 0.05) is 43.9 Å². The highest BCUT2D eigenvalue weighted by atomic mass is 19.1. The van der Waals surface area contributed by atoms with Crippen molar-refractivity contribution in [3.8, 4) is 28.2 Å². The van der Waals surface area contributed by atoms with Crippen molar-refractivity contribution in [1.29, 1.82) is 0 Å². The average Bonchev–Trinajstić information content (AvgIpc) is 3.25. The predicted molar refractivity (Wildman–Crippen MR) is 123 cm³/mol. The quantitative estimate of drug-likeness (QED) is 0.464. The van der Waals surface area contributed by atoms with Crippen molar-refractivity contribution in [3.05, 3.63) is 84.2 Å². The Bertz CT molecular complexity index is 1230. The highest BCUT2D eigenvalue weighted by Gasteiger charge is 2.23. The molecule has 5 rings (SSSR count). The molecule has 33 heavy (non-hydrogen) atoms. The summed E-state index contributed by atoms with van der Waals surface area (Å²) in [7, 11) is 2.11. The molecule has 3 heterocycles. The van der Waals surface area contributed by atoms with Crippen LogP contribution in [-0.2, 0) is 6.54 Å². The van der Waals surface area contributed by atoms with E-state index >= 15 is 0 Å². The Kier molecular flexibility index (Phi) is 5.93. The molecule has 1 saturated heterocycles. The molecular formula is C25H24F2N6. The van der Waals surface area contributed by atoms with Gasteiger partial charge in [0.15, 0.2) is 0 Å². The molecule has 0 N–H and O–H groups in total. The molecule has 8 heteroatoms. The summed E-state index contributed by atoms with van der Waals surface area (Å²) >= 11 is 0. The molecule has 168 valence electrons. The van der Waals surface area contributed by atoms with Gasteiger partial charge in [0.05, 0.1) is 17.6 Å². The fourth-order valence-electron chi connectivity index (χ4n) is 4.04. The lowest BCUT2D eigenvalue weighted by molar-refractivity contribution is 0.147. The summed E-state index contributed by atoms with van der Waals surface area (Å²) in [6.45, 7) is 4.41. The van der Waals surface area contributed by atoms with Gasteiger partial charge in [0.2, 0.25) is 0 Å². The van der Waals surface area contributed by atoms with Crippen LogP contribution in [0.15, 0.2) is 66.9 Å². The first-order chi connectivity index (χ1) is 16.1. The number of rotatable bonds is 5. The van der Waals surface area contributed by atoms with Crippen LogP contribution in [0.1, 0.15) is 5.69 Å². The number of likely N-dealkylation sites (N-methyl/N-ethyl adjacent to an activating group) is 1. The average molecular weight is 447 g/mol. The number of hydrogen-bond donors (Lipinski definition) is 0. The number of hydrogen-bond acceptors (Lipinski definition) is 5. The second-order valence-electron chi connectivity index (χ2n) is 8.26. The summed E-state index contributed by atoms with van der Waals surface area (Å²) in [5.41, 5.74) is 4.01. The fourth-order valence-corrected chi connectivity index (χ4v) is 4.04. The Morgan fingerprint density at radius 2 is 1.64 bits per heavy atom. The molecule has 0 atom stereocenters. The SMILES string of the molecule is CN1CCN(Cc2nnn(-c3ccc(-c4ccc(F)cc4)nc3)c2-c2ccccc2F)CC1. The Morgan fingerprint density at radius 3 is 2.33 bits per heavy atom. The summed E-state index contributed by atoms with van der Waals surface area (Å²) in [5.74, 6) is -0.614. The molecule has 2 aromatic carbocycles. The molecule has 4 aromatic rings. The summed E-state index contributed by atoms with van der Waals surface area (Å²) in [4.78, 5) is 9.13. The minimum atomic E-state index is -0.323. The second kappa shape index (κ2) is 9.17. The summed E-state index contributed by atoms with van der Waals surface area (Å²) in [5, 5.41) is 8.81. The van der Waals surface area contributed by atoms with Crippen molar-refractivity contribution in [1.82, 2.24) is 29.8 Å². The van der Waals surface area contributed by atoms with Crippen LogP contribution >= 0.6 is 0 Å². The number of nitrogens with zero attached hydrogens (tertiary/aromatic N) is 6. The first kappa shape index (κ1) is 21.4. The molecule has 1 aliphatic heterocycles. The third kappa shape index (κ3) is 4.53. The zero-order valence-corrected chi connectivity index (χ0v) is 18.3. The van der Waals surface area contributed by atoms with E-state index in [1.165, 1.54) is 18.2 Å². The number of halogens is 2. The second-order valence-corrected chi connectivity index (χ2v) is 8.26. The molecule has 0 bridgehead atoms. The van der Waals surface area contributed by atoms with Gasteiger partial charge in [-0.15, -0.1) is 5.10 Å². The van der Waals surface area contributed by atoms with Crippen LogP contribution in [0, 0.1) is 11.6 Å². The van der Waals surface area contributed by atoms with Crippen LogP contribution in [0.2, 0.25) is 0 Å². The van der Waals surface area contributed by atoms with E-state index in [9.17, 15) is 8.78 Å². The van der Waals surface area contributed by atoms with Crippen LogP contribution in [-0.4, -0.2) is 63.0 Å². The van der Waals surface area contributed by atoms with E-state index in [4.69, 9.17) is 0 Å². The maximum absolute atomic E-state index is 14.8. The molecule has 0 aliphatic carbocycles. The lowest BCUT2D eigenvalue weighted by Gasteiger charge is -2.31. The fraction of sp³-hybridized carbons (Fsp3) is 0.240. The van der Waals surface area contributed by atoms with Crippen LogP contribution in [0.3, 0.4) is 0 Å². The van der Waals surface area contributed by atoms with Crippen LogP contribution in [0.4, 0.5) is 8.78 Å². The van der Waals surface area contributed by atoms with Crippen LogP contribution in [0.5, 0.6) is 0 Å². The molecule has 0 radical (unpaired) electrons. The van der Waals surface area contributed by atoms with Crippen molar-refractivity contribution >= 4 is 0 Å². The Morgan fingerprint density at radius 1 is 0.879 bits per heavy atom. The normalized spacial score (nSPS) is 15.1. The lowest BCUT2D eigenvalue weighted by atomic mass is 10.1. The molecule has 1 fully saturated rings. The molecule has 0 unspecified atom stereocenters. The topological polar surface area (TPSA) is 50.1 Å². The van der Waals surface area contributed by atoms with Gasteiger partial charge in [-0.1, -0.05) is 17.3 Å². The summed E-state index contributed by atoms with van der Waals surface area (Å²) in [6, 6.07) is 16.6. The predicted octanol–water partition coefficient (Wildman–Crippen LogP) is 4.02. The molecule has 2 aromatic heterocycles. The van der Waals surface area contributed by atoms with Crippen LogP contribution in [0.25, 0.3) is 28.2 Å². The highest BCUT2D eigenvalue weighted by Crippen LogP contribution is 2.29. The third-order valence-electron chi connectivity index (χ3n) is 5.97. The number of piperazine rings is 1. The van der Waals surface area contributed by atoms with E-state index in [-0.39, 0.29) is 11.6 Å². The number of benzene rings is 2. The van der Waals surface area contributed by atoms with Crippen LogP contribution < -0.4 is 0 Å². The van der Waals surface area contributed by atoms with Gasteiger partial charge < -0.3 is 4.90 Å². The van der Waals surface area contributed by atoms with Crippen molar-refractivity contribution in [2.75, 3.05) is 33.2 Å². The maximum Gasteiger partial charge on any atom is 0.132 e. The first-order valence-electron chi connectivity index (χ1n) is 10.9. The van der Waals surface area contributed by atoms with Crippen molar-refractivity contribution in [2.24, 2.45) is 0 Å². The van der Waals surface area contributed by atoms with E-state index in [1.54, 1.807) is 35.1 Å². The Hall–Kier alpha value is -3.49. The molecule has 0 spiro atoms. The van der Waals surface area contributed by atoms with Gasteiger partial charge >= 0.3 is 0 Å².